The van der Waals surface area contributed by atoms with Gasteiger partial charge in [0.2, 0.25) is 0 Å². The molecule has 0 radical (unpaired) electrons. The number of hydrogen-bond donors (Lipinski definition) is 1. The lowest BCUT2D eigenvalue weighted by Gasteiger charge is -1.91. The molecule has 2 heterocycles. The van der Waals surface area contributed by atoms with E-state index in [0.717, 1.165) is 12.1 Å². The van der Waals surface area contributed by atoms with Gasteiger partial charge in [0.1, 0.15) is 0 Å². The van der Waals surface area contributed by atoms with Gasteiger partial charge in [-0.3, -0.25) is 0 Å². The van der Waals surface area contributed by atoms with Crippen molar-refractivity contribution < 1.29 is 4.42 Å². The summed E-state index contributed by atoms with van der Waals surface area (Å²) < 4.78 is 5.03. The first-order valence-electron chi connectivity index (χ1n) is 4.15. The standard InChI is InChI=1S/C10H11NOS/c1-11-5-10-4-9(7-13-10)8-2-3-12-6-8/h2-4,6-7,11H,5H2,1H3. The van der Waals surface area contributed by atoms with Gasteiger partial charge in [-0.2, -0.15) is 0 Å². The third-order valence-corrected chi connectivity index (χ3v) is 2.80. The fraction of sp³-hybridized carbons (Fsp3) is 0.200. The van der Waals surface area contributed by atoms with E-state index in [4.69, 9.17) is 4.42 Å². The van der Waals surface area contributed by atoms with Crippen LogP contribution in [0, 0.1) is 0 Å². The molecule has 1 N–H and O–H groups in total. The smallest absolute Gasteiger partial charge is 0.0981 e. The van der Waals surface area contributed by atoms with Crippen LogP contribution in [-0.4, -0.2) is 7.05 Å². The van der Waals surface area contributed by atoms with E-state index in [1.165, 1.54) is 10.4 Å². The maximum absolute atomic E-state index is 5.03. The molecule has 0 aromatic carbocycles. The van der Waals surface area contributed by atoms with E-state index in [0.29, 0.717) is 0 Å². The maximum atomic E-state index is 5.03. The van der Waals surface area contributed by atoms with Crippen LogP contribution in [0.2, 0.25) is 0 Å². The molecule has 0 saturated carbocycles. The molecule has 0 aliphatic rings. The average molecular weight is 193 g/mol. The highest BCUT2D eigenvalue weighted by atomic mass is 32.1. The first kappa shape index (κ1) is 8.53. The highest BCUT2D eigenvalue weighted by molar-refractivity contribution is 7.10. The highest BCUT2D eigenvalue weighted by Crippen LogP contribution is 2.25. The quantitative estimate of drug-likeness (QED) is 0.810. The molecule has 0 unspecified atom stereocenters. The minimum absolute atomic E-state index is 0.933. The van der Waals surface area contributed by atoms with E-state index in [1.54, 1.807) is 23.9 Å². The summed E-state index contributed by atoms with van der Waals surface area (Å²) in [7, 11) is 1.96. The van der Waals surface area contributed by atoms with Crippen molar-refractivity contribution in [2.45, 2.75) is 6.54 Å². The summed E-state index contributed by atoms with van der Waals surface area (Å²) >= 11 is 1.77. The summed E-state index contributed by atoms with van der Waals surface area (Å²) in [5, 5.41) is 5.28. The van der Waals surface area contributed by atoms with Crippen molar-refractivity contribution >= 4 is 11.3 Å². The summed E-state index contributed by atoms with van der Waals surface area (Å²) in [5.41, 5.74) is 2.39. The van der Waals surface area contributed by atoms with Crippen molar-refractivity contribution in [3.8, 4) is 11.1 Å². The molecule has 13 heavy (non-hydrogen) atoms. The summed E-state index contributed by atoms with van der Waals surface area (Å²) in [4.78, 5) is 1.35. The summed E-state index contributed by atoms with van der Waals surface area (Å²) in [6.07, 6.45) is 3.47. The molecule has 0 saturated heterocycles. The van der Waals surface area contributed by atoms with Crippen LogP contribution in [0.25, 0.3) is 11.1 Å². The maximum Gasteiger partial charge on any atom is 0.0981 e. The van der Waals surface area contributed by atoms with Gasteiger partial charge in [-0.1, -0.05) is 0 Å². The zero-order chi connectivity index (χ0) is 9.10. The second kappa shape index (κ2) is 3.77. The Kier molecular flexibility index (Phi) is 2.47. The molecule has 2 rings (SSSR count). The predicted octanol–water partition coefficient (Wildman–Crippen LogP) is 2.73. The number of thiophene rings is 1. The summed E-state index contributed by atoms with van der Waals surface area (Å²) in [6, 6.07) is 4.16. The van der Waals surface area contributed by atoms with Gasteiger partial charge in [0.15, 0.2) is 0 Å². The van der Waals surface area contributed by atoms with Crippen molar-refractivity contribution in [2.75, 3.05) is 7.05 Å². The van der Waals surface area contributed by atoms with Crippen LogP contribution in [0.15, 0.2) is 34.5 Å². The normalized spacial score (nSPS) is 10.5. The predicted molar refractivity (Wildman–Crippen MR) is 54.8 cm³/mol. The molecule has 0 aliphatic carbocycles. The average Bonchev–Trinajstić information content (AvgIpc) is 2.70. The van der Waals surface area contributed by atoms with E-state index in [2.05, 4.69) is 16.8 Å². The molecule has 3 heteroatoms. The fourth-order valence-electron chi connectivity index (χ4n) is 1.23. The molecule has 2 aromatic rings. The largest absolute Gasteiger partial charge is 0.472 e. The Morgan fingerprint density at radius 2 is 2.38 bits per heavy atom. The topological polar surface area (TPSA) is 25.2 Å². The second-order valence-corrected chi connectivity index (χ2v) is 3.84. The molecular formula is C10H11NOS. The Labute approximate surface area is 81.2 Å². The zero-order valence-electron chi connectivity index (χ0n) is 7.41. The van der Waals surface area contributed by atoms with Gasteiger partial charge in [-0.05, 0) is 30.1 Å². The van der Waals surface area contributed by atoms with Crippen LogP contribution in [0.1, 0.15) is 4.88 Å². The first-order chi connectivity index (χ1) is 6.40. The lowest BCUT2D eigenvalue weighted by Crippen LogP contribution is -2.02. The van der Waals surface area contributed by atoms with Crippen LogP contribution < -0.4 is 5.32 Å². The first-order valence-corrected chi connectivity index (χ1v) is 5.02. The number of nitrogens with one attached hydrogen (secondary N) is 1. The van der Waals surface area contributed by atoms with Crippen LogP contribution in [0.3, 0.4) is 0 Å². The Morgan fingerprint density at radius 3 is 3.08 bits per heavy atom. The fourth-order valence-corrected chi connectivity index (χ4v) is 2.13. The third kappa shape index (κ3) is 1.82. The molecule has 2 aromatic heterocycles. The van der Waals surface area contributed by atoms with Gasteiger partial charge in [0.25, 0.3) is 0 Å². The van der Waals surface area contributed by atoms with Gasteiger partial charge in [0.05, 0.1) is 12.5 Å². The van der Waals surface area contributed by atoms with E-state index in [1.807, 2.05) is 13.1 Å². The van der Waals surface area contributed by atoms with Crippen molar-refractivity contribution in [1.29, 1.82) is 0 Å². The van der Waals surface area contributed by atoms with Crippen LogP contribution in [0.5, 0.6) is 0 Å². The Hall–Kier alpha value is -1.06. The zero-order valence-corrected chi connectivity index (χ0v) is 8.23. The van der Waals surface area contributed by atoms with Crippen LogP contribution >= 0.6 is 11.3 Å². The minimum Gasteiger partial charge on any atom is -0.472 e. The molecule has 0 aliphatic heterocycles. The summed E-state index contributed by atoms with van der Waals surface area (Å²) in [6.45, 7) is 0.933. The second-order valence-electron chi connectivity index (χ2n) is 2.84. The van der Waals surface area contributed by atoms with Crippen molar-refractivity contribution in [3.05, 3.63) is 34.9 Å². The molecule has 0 bridgehead atoms. The lowest BCUT2D eigenvalue weighted by molar-refractivity contribution is 0.568. The van der Waals surface area contributed by atoms with E-state index in [-0.39, 0.29) is 0 Å². The molecule has 0 atom stereocenters. The van der Waals surface area contributed by atoms with Crippen LogP contribution in [0.4, 0.5) is 0 Å². The molecule has 0 spiro atoms. The van der Waals surface area contributed by atoms with Crippen LogP contribution in [-0.2, 0) is 6.54 Å². The minimum atomic E-state index is 0.933. The number of rotatable bonds is 3. The Bertz CT molecular complexity index is 364. The van der Waals surface area contributed by atoms with Crippen molar-refractivity contribution in [2.24, 2.45) is 0 Å². The monoisotopic (exact) mass is 193 g/mol. The Balaban J connectivity index is 2.23. The summed E-state index contributed by atoms with van der Waals surface area (Å²) in [5.74, 6) is 0. The van der Waals surface area contributed by atoms with Gasteiger partial charge >= 0.3 is 0 Å². The van der Waals surface area contributed by atoms with Gasteiger partial charge in [-0.15, -0.1) is 11.3 Å². The van der Waals surface area contributed by atoms with Crippen molar-refractivity contribution in [3.63, 3.8) is 0 Å². The third-order valence-electron chi connectivity index (χ3n) is 1.86. The van der Waals surface area contributed by atoms with E-state index < -0.39 is 0 Å². The molecule has 68 valence electrons. The molecule has 0 fully saturated rings. The van der Waals surface area contributed by atoms with Gasteiger partial charge in [-0.25, -0.2) is 0 Å². The van der Waals surface area contributed by atoms with Gasteiger partial charge < -0.3 is 9.73 Å². The molecular weight excluding hydrogens is 182 g/mol. The molecule has 0 amide bonds. The highest BCUT2D eigenvalue weighted by Gasteiger charge is 2.02. The number of hydrogen-bond acceptors (Lipinski definition) is 3. The van der Waals surface area contributed by atoms with Gasteiger partial charge in [0, 0.05) is 17.0 Å². The van der Waals surface area contributed by atoms with E-state index in [9.17, 15) is 0 Å². The SMILES string of the molecule is CNCc1cc(-c2ccoc2)cs1. The Morgan fingerprint density at radius 1 is 1.46 bits per heavy atom. The van der Waals surface area contributed by atoms with E-state index >= 15 is 0 Å². The molecule has 2 nitrogen and oxygen atoms in total. The lowest BCUT2D eigenvalue weighted by atomic mass is 10.2. The number of furan rings is 1. The van der Waals surface area contributed by atoms with Crippen molar-refractivity contribution in [1.82, 2.24) is 5.32 Å².